The fraction of sp³-hybridized carbons (Fsp3) is 0.667. The third-order valence-electron chi connectivity index (χ3n) is 4.59. The Morgan fingerprint density at radius 1 is 1.22 bits per heavy atom. The van der Waals surface area contributed by atoms with Gasteiger partial charge in [-0.05, 0) is 50.0 Å². The number of pyridine rings is 1. The van der Waals surface area contributed by atoms with Gasteiger partial charge in [0, 0.05) is 18.3 Å². The highest BCUT2D eigenvalue weighted by Crippen LogP contribution is 2.29. The van der Waals surface area contributed by atoms with Gasteiger partial charge < -0.3 is 9.67 Å². The maximum absolute atomic E-state index is 12.0. The van der Waals surface area contributed by atoms with E-state index in [1.807, 2.05) is 10.6 Å². The Kier molecular flexibility index (Phi) is 3.25. The van der Waals surface area contributed by atoms with Crippen LogP contribution >= 0.6 is 0 Å². The topological polar surface area (TPSA) is 42.2 Å². The van der Waals surface area contributed by atoms with Gasteiger partial charge >= 0.3 is 0 Å². The van der Waals surface area contributed by atoms with Crippen LogP contribution in [0.4, 0.5) is 0 Å². The quantitative estimate of drug-likeness (QED) is 0.886. The first-order valence-electron chi connectivity index (χ1n) is 7.15. The van der Waals surface area contributed by atoms with Crippen LogP contribution in [0.2, 0.25) is 0 Å². The SMILES string of the molecule is O=c1ccc2c(n1CCC1CCCC1O)CCC2. The van der Waals surface area contributed by atoms with E-state index >= 15 is 0 Å². The fourth-order valence-corrected chi connectivity index (χ4v) is 3.53. The molecule has 2 unspecified atom stereocenters. The van der Waals surface area contributed by atoms with Crippen molar-refractivity contribution >= 4 is 0 Å². The highest BCUT2D eigenvalue weighted by molar-refractivity contribution is 5.25. The molecule has 3 heteroatoms. The van der Waals surface area contributed by atoms with Crippen molar-refractivity contribution in [2.24, 2.45) is 5.92 Å². The average molecular weight is 247 g/mol. The summed E-state index contributed by atoms with van der Waals surface area (Å²) in [4.78, 5) is 12.0. The Morgan fingerprint density at radius 2 is 2.11 bits per heavy atom. The predicted molar refractivity (Wildman–Crippen MR) is 70.7 cm³/mol. The van der Waals surface area contributed by atoms with Crippen LogP contribution in [0.1, 0.15) is 43.4 Å². The van der Waals surface area contributed by atoms with Crippen LogP contribution in [0.25, 0.3) is 0 Å². The van der Waals surface area contributed by atoms with Crippen LogP contribution in [-0.4, -0.2) is 15.8 Å². The zero-order valence-electron chi connectivity index (χ0n) is 10.8. The van der Waals surface area contributed by atoms with E-state index in [0.29, 0.717) is 5.92 Å². The fourth-order valence-electron chi connectivity index (χ4n) is 3.53. The molecule has 1 fully saturated rings. The van der Waals surface area contributed by atoms with Gasteiger partial charge in [-0.1, -0.05) is 12.5 Å². The molecule has 1 heterocycles. The minimum absolute atomic E-state index is 0.128. The van der Waals surface area contributed by atoms with Crippen molar-refractivity contribution in [3.05, 3.63) is 33.7 Å². The van der Waals surface area contributed by atoms with E-state index in [4.69, 9.17) is 0 Å². The molecule has 0 aromatic carbocycles. The van der Waals surface area contributed by atoms with Gasteiger partial charge in [-0.2, -0.15) is 0 Å². The van der Waals surface area contributed by atoms with Gasteiger partial charge in [-0.25, -0.2) is 0 Å². The average Bonchev–Trinajstić information content (AvgIpc) is 2.97. The van der Waals surface area contributed by atoms with Gasteiger partial charge in [0.1, 0.15) is 0 Å². The third-order valence-corrected chi connectivity index (χ3v) is 4.59. The highest BCUT2D eigenvalue weighted by atomic mass is 16.3. The first-order chi connectivity index (χ1) is 8.75. The van der Waals surface area contributed by atoms with Crippen molar-refractivity contribution in [1.29, 1.82) is 0 Å². The Morgan fingerprint density at radius 3 is 2.89 bits per heavy atom. The molecule has 0 spiro atoms. The van der Waals surface area contributed by atoms with Crippen molar-refractivity contribution in [3.8, 4) is 0 Å². The number of aromatic nitrogens is 1. The molecule has 2 atom stereocenters. The number of hydrogen-bond donors (Lipinski definition) is 1. The van der Waals surface area contributed by atoms with Gasteiger partial charge in [0.2, 0.25) is 0 Å². The second-order valence-electron chi connectivity index (χ2n) is 5.70. The maximum Gasteiger partial charge on any atom is 0.250 e. The summed E-state index contributed by atoms with van der Waals surface area (Å²) >= 11 is 0. The van der Waals surface area contributed by atoms with E-state index in [-0.39, 0.29) is 11.7 Å². The molecule has 1 N–H and O–H groups in total. The molecule has 0 aliphatic heterocycles. The van der Waals surface area contributed by atoms with Crippen molar-refractivity contribution in [2.75, 3.05) is 0 Å². The summed E-state index contributed by atoms with van der Waals surface area (Å²) in [5.74, 6) is 0.397. The van der Waals surface area contributed by atoms with E-state index < -0.39 is 0 Å². The molecule has 2 aliphatic carbocycles. The molecule has 0 amide bonds. The summed E-state index contributed by atoms with van der Waals surface area (Å²) < 4.78 is 1.95. The summed E-state index contributed by atoms with van der Waals surface area (Å²) in [6.45, 7) is 0.781. The van der Waals surface area contributed by atoms with Crippen LogP contribution in [0.15, 0.2) is 16.9 Å². The summed E-state index contributed by atoms with van der Waals surface area (Å²) in [7, 11) is 0. The first-order valence-corrected chi connectivity index (χ1v) is 7.15. The van der Waals surface area contributed by atoms with Crippen molar-refractivity contribution in [3.63, 3.8) is 0 Å². The van der Waals surface area contributed by atoms with E-state index in [9.17, 15) is 9.90 Å². The molecule has 0 saturated heterocycles. The molecule has 1 aromatic heterocycles. The number of nitrogens with zero attached hydrogens (tertiary/aromatic N) is 1. The summed E-state index contributed by atoms with van der Waals surface area (Å²) in [6.07, 6.45) is 7.31. The van der Waals surface area contributed by atoms with Crippen LogP contribution in [0.3, 0.4) is 0 Å². The summed E-state index contributed by atoms with van der Waals surface area (Å²) in [6, 6.07) is 3.70. The number of aryl methyl sites for hydroxylation is 1. The molecule has 98 valence electrons. The van der Waals surface area contributed by atoms with Crippen LogP contribution in [0, 0.1) is 5.92 Å². The summed E-state index contributed by atoms with van der Waals surface area (Å²) in [5, 5.41) is 9.84. The largest absolute Gasteiger partial charge is 0.393 e. The number of hydrogen-bond acceptors (Lipinski definition) is 2. The molecule has 0 bridgehead atoms. The smallest absolute Gasteiger partial charge is 0.250 e. The summed E-state index contributed by atoms with van der Waals surface area (Å²) in [5.41, 5.74) is 2.72. The van der Waals surface area contributed by atoms with Gasteiger partial charge in [0.15, 0.2) is 0 Å². The van der Waals surface area contributed by atoms with Gasteiger partial charge in [-0.3, -0.25) is 4.79 Å². The molecular formula is C15H21NO2. The molecule has 2 aliphatic rings. The van der Waals surface area contributed by atoms with E-state index in [1.165, 1.54) is 17.7 Å². The lowest BCUT2D eigenvalue weighted by Gasteiger charge is -2.17. The molecule has 3 nitrogen and oxygen atoms in total. The van der Waals surface area contributed by atoms with E-state index in [0.717, 1.165) is 45.1 Å². The lowest BCUT2D eigenvalue weighted by atomic mass is 10.0. The zero-order chi connectivity index (χ0) is 12.5. The first kappa shape index (κ1) is 12.0. The van der Waals surface area contributed by atoms with Gasteiger partial charge in [0.25, 0.3) is 5.56 Å². The number of rotatable bonds is 3. The van der Waals surface area contributed by atoms with Gasteiger partial charge in [0.05, 0.1) is 6.10 Å². The number of fused-ring (bicyclic) bond motifs is 1. The minimum atomic E-state index is -0.141. The van der Waals surface area contributed by atoms with Crippen molar-refractivity contribution in [1.82, 2.24) is 4.57 Å². The van der Waals surface area contributed by atoms with E-state index in [2.05, 4.69) is 0 Å². The van der Waals surface area contributed by atoms with E-state index in [1.54, 1.807) is 6.07 Å². The Labute approximate surface area is 107 Å². The van der Waals surface area contributed by atoms with Crippen molar-refractivity contribution in [2.45, 2.75) is 57.6 Å². The second kappa shape index (κ2) is 4.88. The predicted octanol–water partition coefficient (Wildman–Crippen LogP) is 1.89. The zero-order valence-corrected chi connectivity index (χ0v) is 10.8. The molecule has 1 saturated carbocycles. The maximum atomic E-state index is 12.0. The minimum Gasteiger partial charge on any atom is -0.393 e. The van der Waals surface area contributed by atoms with Gasteiger partial charge in [-0.15, -0.1) is 0 Å². The number of aliphatic hydroxyl groups is 1. The Hall–Kier alpha value is -1.09. The normalized spacial score (nSPS) is 26.5. The lowest BCUT2D eigenvalue weighted by molar-refractivity contribution is 0.125. The third kappa shape index (κ3) is 2.12. The highest BCUT2D eigenvalue weighted by Gasteiger charge is 2.25. The monoisotopic (exact) mass is 247 g/mol. The molecular weight excluding hydrogens is 226 g/mol. The van der Waals surface area contributed by atoms with Crippen molar-refractivity contribution < 1.29 is 5.11 Å². The number of aliphatic hydroxyl groups excluding tert-OH is 1. The molecule has 18 heavy (non-hydrogen) atoms. The van der Waals surface area contributed by atoms with Crippen LogP contribution in [0.5, 0.6) is 0 Å². The lowest BCUT2D eigenvalue weighted by Crippen LogP contribution is -2.25. The van der Waals surface area contributed by atoms with Crippen LogP contribution in [-0.2, 0) is 19.4 Å². The molecule has 1 aromatic rings. The Balaban J connectivity index is 1.76. The molecule has 3 rings (SSSR count). The molecule has 0 radical (unpaired) electrons. The van der Waals surface area contributed by atoms with Crippen LogP contribution < -0.4 is 5.56 Å². The Bertz CT molecular complexity index is 492. The standard InChI is InChI=1S/C15H21NO2/c17-14-6-2-4-12(14)9-10-16-13-5-1-3-11(13)7-8-15(16)18/h7-8,12,14,17H,1-6,9-10H2. The second-order valence-corrected chi connectivity index (χ2v) is 5.70.